The van der Waals surface area contributed by atoms with Crippen molar-refractivity contribution in [2.45, 2.75) is 60.9 Å². The van der Waals surface area contributed by atoms with Crippen LogP contribution in [0.25, 0.3) is 0 Å². The molecule has 0 saturated carbocycles. The van der Waals surface area contributed by atoms with Gasteiger partial charge in [0.15, 0.2) is 0 Å². The molecule has 16 heteroatoms. The second kappa shape index (κ2) is 33.3. The molecule has 3 amide bonds. The van der Waals surface area contributed by atoms with Crippen LogP contribution in [0.3, 0.4) is 0 Å². The number of benzene rings is 12. The Kier molecular flexibility index (Phi) is 23.9. The van der Waals surface area contributed by atoms with Crippen LogP contribution >= 0.6 is 0 Å². The number of anilines is 8. The van der Waals surface area contributed by atoms with Crippen molar-refractivity contribution in [1.29, 1.82) is 0 Å². The molecule has 0 saturated heterocycles. The summed E-state index contributed by atoms with van der Waals surface area (Å²) in [5, 5.41) is 66.8. The number of amides is 3. The summed E-state index contributed by atoms with van der Waals surface area (Å²) in [6, 6.07) is 75.4. The van der Waals surface area contributed by atoms with Gasteiger partial charge in [0, 0.05) is 68.7 Å². The SMILES string of the molecule is CCCc1ccc(C(=O)N(c2ccc(O)cc2)c2ccc(O)cc2)cc1.Cc1ccc(C(=O)N(c2ccc(O)cc2)c2ccc(F)cc2)cc1F.Cc1cccc(C(=O)N(c2ccc(O)cc2)c2ccc(O)cc2)c1C.Cc1cccc(CN(c2ccc(O)cc2)c2ccc(O)cc2)c1C. The van der Waals surface area contributed by atoms with Crippen molar-refractivity contribution < 1.29 is 58.9 Å². The van der Waals surface area contributed by atoms with E-state index in [1.165, 1.54) is 81.8 Å². The average molecular weight is 1340 g/mol. The zero-order valence-electron chi connectivity index (χ0n) is 56.0. The Labute approximate surface area is 580 Å². The van der Waals surface area contributed by atoms with Gasteiger partial charge in [-0.25, -0.2) is 8.78 Å². The molecule has 0 radical (unpaired) electrons. The Bertz CT molecular complexity index is 4530. The molecule has 0 atom stereocenters. The lowest BCUT2D eigenvalue weighted by Gasteiger charge is -2.26. The van der Waals surface area contributed by atoms with Crippen molar-refractivity contribution in [3.05, 3.63) is 340 Å². The van der Waals surface area contributed by atoms with Gasteiger partial charge in [-0.15, -0.1) is 0 Å². The fourth-order valence-electron chi connectivity index (χ4n) is 10.7. The summed E-state index contributed by atoms with van der Waals surface area (Å²) >= 11 is 0. The quantitative estimate of drug-likeness (QED) is 0.0514. The summed E-state index contributed by atoms with van der Waals surface area (Å²) < 4.78 is 27.1. The van der Waals surface area contributed by atoms with Gasteiger partial charge in [0.25, 0.3) is 17.7 Å². The van der Waals surface area contributed by atoms with E-state index < -0.39 is 17.5 Å². The highest BCUT2D eigenvalue weighted by Gasteiger charge is 2.25. The number of phenolic OH excluding ortho intramolecular Hbond substituents is 7. The number of rotatable bonds is 15. The smallest absolute Gasteiger partial charge is 0.263 e. The molecule has 0 aromatic heterocycles. The second-order valence-electron chi connectivity index (χ2n) is 23.6. The molecule has 7 N–H and O–H groups in total. The molecule has 0 bridgehead atoms. The molecule has 0 unspecified atom stereocenters. The van der Waals surface area contributed by atoms with Crippen LogP contribution in [-0.4, -0.2) is 53.5 Å². The summed E-state index contributed by atoms with van der Waals surface area (Å²) in [6.07, 6.45) is 2.04. The van der Waals surface area contributed by atoms with Crippen LogP contribution in [0.4, 0.5) is 54.3 Å². The van der Waals surface area contributed by atoms with Gasteiger partial charge in [0.2, 0.25) is 0 Å². The average Bonchev–Trinajstić information content (AvgIpc) is 0.806. The second-order valence-corrected chi connectivity index (χ2v) is 23.6. The maximum Gasteiger partial charge on any atom is 0.263 e. The van der Waals surface area contributed by atoms with Crippen LogP contribution in [0.1, 0.15) is 83.4 Å². The molecular formula is C84H76F2N4O10. The Morgan fingerprint density at radius 3 is 1.02 bits per heavy atom. The van der Waals surface area contributed by atoms with Crippen molar-refractivity contribution in [3.8, 4) is 40.2 Å². The van der Waals surface area contributed by atoms with Gasteiger partial charge in [0.1, 0.15) is 51.9 Å². The highest BCUT2D eigenvalue weighted by molar-refractivity contribution is 6.13. The van der Waals surface area contributed by atoms with Crippen LogP contribution in [0.5, 0.6) is 40.2 Å². The maximum atomic E-state index is 13.9. The normalized spacial score (nSPS) is 10.5. The minimum absolute atomic E-state index is 0.0524. The number of hydrogen-bond donors (Lipinski definition) is 7. The number of halogens is 2. The lowest BCUT2D eigenvalue weighted by molar-refractivity contribution is 0.0990. The number of aromatic hydroxyl groups is 7. The lowest BCUT2D eigenvalue weighted by Crippen LogP contribution is -2.26. The number of phenols is 7. The van der Waals surface area contributed by atoms with E-state index >= 15 is 0 Å². The third-order valence-electron chi connectivity index (χ3n) is 16.6. The summed E-state index contributed by atoms with van der Waals surface area (Å²) in [5.41, 5.74) is 14.2. The fourth-order valence-corrected chi connectivity index (χ4v) is 10.7. The number of carbonyl (C=O) groups excluding carboxylic acids is 3. The Morgan fingerprint density at radius 1 is 0.330 bits per heavy atom. The van der Waals surface area contributed by atoms with E-state index in [9.17, 15) is 58.9 Å². The first-order valence-corrected chi connectivity index (χ1v) is 32.1. The highest BCUT2D eigenvalue weighted by Crippen LogP contribution is 2.36. The molecular weight excluding hydrogens is 1260 g/mol. The molecule has 100 heavy (non-hydrogen) atoms. The van der Waals surface area contributed by atoms with E-state index in [1.54, 1.807) is 156 Å². The molecule has 506 valence electrons. The standard InChI is InChI=1S/C22H21NO3.C21H19NO3.C21H21NO2.C20H15F2NO2/c1-2-3-16-4-6-17(7-5-16)22(26)23(18-8-12-20(24)13-9-18)19-10-14-21(25)15-11-19;1-14-4-3-5-20(15(14)2)21(25)22(16-6-10-18(23)11-7-16)17-8-12-19(24)13-9-17;1-15-4-3-5-17(16(15)2)14-22(18-6-10-20(23)11-7-18)19-8-12-21(24)13-9-19;1-13-2-3-14(12-19(13)22)20(25)23(16-6-4-15(21)5-7-16)17-8-10-18(24)11-9-17/h4-15,24-25H,2-3H2,1H3;3-13,23-24H,1-2H3;3-13,23-24H,14H2,1-2H3;2-12,24H,1H3. The zero-order valence-corrected chi connectivity index (χ0v) is 56.0. The Balaban J connectivity index is 0.000000156. The van der Waals surface area contributed by atoms with E-state index in [1.807, 2.05) is 74.5 Å². The fraction of sp³-hybridized carbons (Fsp3) is 0.107. The van der Waals surface area contributed by atoms with Crippen molar-refractivity contribution in [3.63, 3.8) is 0 Å². The number of carbonyl (C=O) groups is 3. The maximum absolute atomic E-state index is 13.9. The molecule has 0 heterocycles. The van der Waals surface area contributed by atoms with E-state index in [4.69, 9.17) is 0 Å². The predicted molar refractivity (Wildman–Crippen MR) is 392 cm³/mol. The third-order valence-corrected chi connectivity index (χ3v) is 16.6. The van der Waals surface area contributed by atoms with Crippen LogP contribution in [0.15, 0.2) is 273 Å². The molecule has 12 aromatic rings. The first-order valence-electron chi connectivity index (χ1n) is 32.1. The minimum Gasteiger partial charge on any atom is -0.508 e. The van der Waals surface area contributed by atoms with Crippen molar-refractivity contribution in [2.24, 2.45) is 0 Å². The number of nitrogens with zero attached hydrogens (tertiary/aromatic N) is 4. The largest absolute Gasteiger partial charge is 0.508 e. The minimum atomic E-state index is -0.476. The molecule has 0 fully saturated rings. The lowest BCUT2D eigenvalue weighted by atomic mass is 10.0. The van der Waals surface area contributed by atoms with E-state index in [-0.39, 0.29) is 57.6 Å². The molecule has 0 aliphatic rings. The van der Waals surface area contributed by atoms with E-state index in [0.29, 0.717) is 57.4 Å². The van der Waals surface area contributed by atoms with Gasteiger partial charge in [-0.2, -0.15) is 0 Å². The number of aryl methyl sites for hydroxylation is 4. The van der Waals surface area contributed by atoms with E-state index in [0.717, 1.165) is 35.3 Å². The molecule has 14 nitrogen and oxygen atoms in total. The summed E-state index contributed by atoms with van der Waals surface area (Å²) in [6.45, 7) is 12.6. The predicted octanol–water partition coefficient (Wildman–Crippen LogP) is 19.7. The van der Waals surface area contributed by atoms with Crippen molar-refractivity contribution in [1.82, 2.24) is 0 Å². The third kappa shape index (κ3) is 18.4. The van der Waals surface area contributed by atoms with Crippen LogP contribution in [-0.2, 0) is 13.0 Å². The number of hydrogen-bond acceptors (Lipinski definition) is 11. The summed E-state index contributed by atoms with van der Waals surface area (Å²) in [4.78, 5) is 46.1. The topological polar surface area (TPSA) is 206 Å². The Hall–Kier alpha value is -12.7. The van der Waals surface area contributed by atoms with Gasteiger partial charge in [0.05, 0.1) is 0 Å². The van der Waals surface area contributed by atoms with Gasteiger partial charge >= 0.3 is 0 Å². The van der Waals surface area contributed by atoms with Crippen molar-refractivity contribution in [2.75, 3.05) is 19.6 Å². The first kappa shape index (κ1) is 71.6. The van der Waals surface area contributed by atoms with Gasteiger partial charge in [-0.1, -0.05) is 61.9 Å². The summed E-state index contributed by atoms with van der Waals surface area (Å²) in [7, 11) is 0. The van der Waals surface area contributed by atoms with Gasteiger partial charge in [-0.3, -0.25) is 29.1 Å². The van der Waals surface area contributed by atoms with Crippen LogP contribution in [0.2, 0.25) is 0 Å². The monoisotopic (exact) mass is 1340 g/mol. The zero-order chi connectivity index (χ0) is 71.6. The van der Waals surface area contributed by atoms with Crippen LogP contribution in [0, 0.1) is 46.3 Å². The molecule has 12 rings (SSSR count). The van der Waals surface area contributed by atoms with E-state index in [2.05, 4.69) is 43.9 Å². The van der Waals surface area contributed by atoms with Gasteiger partial charge < -0.3 is 40.6 Å². The molecule has 0 aliphatic heterocycles. The molecule has 0 spiro atoms. The molecule has 0 aliphatic carbocycles. The first-order chi connectivity index (χ1) is 48.0. The highest BCUT2D eigenvalue weighted by atomic mass is 19.1. The van der Waals surface area contributed by atoms with Crippen molar-refractivity contribution >= 4 is 63.2 Å². The Morgan fingerprint density at radius 2 is 0.650 bits per heavy atom. The molecule has 12 aromatic carbocycles. The van der Waals surface area contributed by atoms with Gasteiger partial charge in [-0.05, 0) is 304 Å². The summed E-state index contributed by atoms with van der Waals surface area (Å²) in [5.74, 6) is -0.630. The van der Waals surface area contributed by atoms with Crippen LogP contribution < -0.4 is 19.6 Å².